The molecule has 2 N–H and O–H groups in total. The van der Waals surface area contributed by atoms with Crippen molar-refractivity contribution in [3.05, 3.63) is 65.0 Å². The molecular weight excluding hydrogens is 361 g/mol. The maximum atomic E-state index is 13.4. The second-order valence-corrected chi connectivity index (χ2v) is 7.70. The van der Waals surface area contributed by atoms with Crippen LogP contribution in [-0.2, 0) is 21.5 Å². The lowest BCUT2D eigenvalue weighted by Gasteiger charge is -2.31. The Kier molecular flexibility index (Phi) is 4.18. The van der Waals surface area contributed by atoms with Crippen LogP contribution in [0.3, 0.4) is 0 Å². The van der Waals surface area contributed by atoms with E-state index >= 15 is 0 Å². The molecule has 0 aromatic heterocycles. The molecule has 0 bridgehead atoms. The minimum absolute atomic E-state index is 0.0612. The van der Waals surface area contributed by atoms with Gasteiger partial charge in [-0.25, -0.2) is 9.18 Å². The highest BCUT2D eigenvalue weighted by atomic mass is 19.1. The summed E-state index contributed by atoms with van der Waals surface area (Å²) < 4.78 is 13.4. The van der Waals surface area contributed by atoms with Crippen LogP contribution in [0.5, 0.6) is 0 Å². The van der Waals surface area contributed by atoms with E-state index < -0.39 is 23.3 Å². The molecule has 1 saturated heterocycles. The van der Waals surface area contributed by atoms with Crippen molar-refractivity contribution in [3.8, 4) is 0 Å². The highest BCUT2D eigenvalue weighted by molar-refractivity contribution is 6.05. The minimum Gasteiger partial charge on any atom is -0.330 e. The first-order valence-electron chi connectivity index (χ1n) is 9.07. The van der Waals surface area contributed by atoms with Gasteiger partial charge in [-0.3, -0.25) is 14.5 Å². The molecular formula is C21H20FN3O3. The number of fused-ring (bicyclic) bond motifs is 1. The van der Waals surface area contributed by atoms with E-state index in [1.54, 1.807) is 24.3 Å². The number of amides is 4. The van der Waals surface area contributed by atoms with Crippen LogP contribution in [0.4, 0.5) is 14.9 Å². The molecule has 2 aliphatic rings. The Hall–Kier alpha value is -3.22. The smallest absolute Gasteiger partial charge is 0.324 e. The summed E-state index contributed by atoms with van der Waals surface area (Å²) in [6.45, 7) is 3.78. The van der Waals surface area contributed by atoms with E-state index in [0.717, 1.165) is 21.7 Å². The number of nitrogens with zero attached hydrogens (tertiary/aromatic N) is 1. The van der Waals surface area contributed by atoms with Gasteiger partial charge in [0, 0.05) is 5.69 Å². The topological polar surface area (TPSA) is 78.5 Å². The van der Waals surface area contributed by atoms with E-state index in [1.165, 1.54) is 12.1 Å². The number of imide groups is 1. The summed E-state index contributed by atoms with van der Waals surface area (Å²) >= 11 is 0. The third-order valence-electron chi connectivity index (χ3n) is 5.39. The van der Waals surface area contributed by atoms with Gasteiger partial charge in [0.05, 0.1) is 24.4 Å². The van der Waals surface area contributed by atoms with Gasteiger partial charge in [0.25, 0.3) is 0 Å². The third-order valence-corrected chi connectivity index (χ3v) is 5.39. The van der Waals surface area contributed by atoms with Gasteiger partial charge in [-0.05, 0) is 48.7 Å². The van der Waals surface area contributed by atoms with Gasteiger partial charge in [-0.2, -0.15) is 0 Å². The number of halogens is 1. The maximum Gasteiger partial charge on any atom is 0.324 e. The molecule has 2 aromatic rings. The molecule has 0 aliphatic carbocycles. The van der Waals surface area contributed by atoms with Crippen molar-refractivity contribution in [2.75, 3.05) is 5.32 Å². The predicted molar refractivity (Wildman–Crippen MR) is 101 cm³/mol. The molecule has 0 spiro atoms. The highest BCUT2D eigenvalue weighted by Crippen LogP contribution is 2.38. The van der Waals surface area contributed by atoms with Gasteiger partial charge in [0.2, 0.25) is 11.8 Å². The van der Waals surface area contributed by atoms with Crippen LogP contribution in [-0.4, -0.2) is 22.7 Å². The number of carbonyl (C=O) groups excluding carboxylic acids is 3. The molecule has 0 radical (unpaired) electrons. The van der Waals surface area contributed by atoms with Crippen molar-refractivity contribution in [3.63, 3.8) is 0 Å². The SMILES string of the molecule is CC1(C)C(=O)Nc2ccc(CN3C(=O)CC(c4cccc(F)c4)NC3=O)cc21. The minimum atomic E-state index is -0.665. The summed E-state index contributed by atoms with van der Waals surface area (Å²) in [4.78, 5) is 38.4. The summed E-state index contributed by atoms with van der Waals surface area (Å²) in [5.74, 6) is -0.818. The fourth-order valence-corrected chi connectivity index (χ4v) is 3.66. The number of nitrogens with one attached hydrogen (secondary N) is 2. The van der Waals surface area contributed by atoms with E-state index in [2.05, 4.69) is 10.6 Å². The number of anilines is 1. The average molecular weight is 381 g/mol. The summed E-state index contributed by atoms with van der Waals surface area (Å²) in [5, 5.41) is 5.60. The number of carbonyl (C=O) groups is 3. The maximum absolute atomic E-state index is 13.4. The molecule has 1 fully saturated rings. The first kappa shape index (κ1) is 18.2. The Morgan fingerprint density at radius 2 is 1.93 bits per heavy atom. The van der Waals surface area contributed by atoms with Crippen molar-refractivity contribution in [2.24, 2.45) is 0 Å². The zero-order chi connectivity index (χ0) is 20.1. The number of rotatable bonds is 3. The van der Waals surface area contributed by atoms with Crippen LogP contribution in [0.15, 0.2) is 42.5 Å². The Morgan fingerprint density at radius 3 is 2.64 bits per heavy atom. The van der Waals surface area contributed by atoms with E-state index in [9.17, 15) is 18.8 Å². The summed E-state index contributed by atoms with van der Waals surface area (Å²) in [5.41, 5.74) is 2.25. The van der Waals surface area contributed by atoms with E-state index in [4.69, 9.17) is 0 Å². The molecule has 0 saturated carbocycles. The first-order valence-corrected chi connectivity index (χ1v) is 9.07. The van der Waals surface area contributed by atoms with Crippen molar-refractivity contribution in [1.82, 2.24) is 10.2 Å². The second kappa shape index (κ2) is 6.44. The fraction of sp³-hybridized carbons (Fsp3) is 0.286. The first-order chi connectivity index (χ1) is 13.3. The van der Waals surface area contributed by atoms with E-state index in [-0.39, 0.29) is 24.8 Å². The van der Waals surface area contributed by atoms with Gasteiger partial charge >= 0.3 is 6.03 Å². The Labute approximate surface area is 161 Å². The van der Waals surface area contributed by atoms with Crippen LogP contribution in [0, 0.1) is 5.82 Å². The van der Waals surface area contributed by atoms with Gasteiger partial charge in [0.15, 0.2) is 0 Å². The van der Waals surface area contributed by atoms with E-state index in [0.29, 0.717) is 5.56 Å². The largest absolute Gasteiger partial charge is 0.330 e. The molecule has 28 heavy (non-hydrogen) atoms. The molecule has 7 heteroatoms. The van der Waals surface area contributed by atoms with E-state index in [1.807, 2.05) is 19.9 Å². The number of urea groups is 1. The van der Waals surface area contributed by atoms with Crippen LogP contribution < -0.4 is 10.6 Å². The number of hydrogen-bond donors (Lipinski definition) is 2. The Morgan fingerprint density at radius 1 is 1.14 bits per heavy atom. The summed E-state index contributed by atoms with van der Waals surface area (Å²) in [6.07, 6.45) is 0.0612. The number of hydrogen-bond acceptors (Lipinski definition) is 3. The lowest BCUT2D eigenvalue weighted by molar-refractivity contribution is -0.130. The summed E-state index contributed by atoms with van der Waals surface area (Å²) in [7, 11) is 0. The predicted octanol–water partition coefficient (Wildman–Crippen LogP) is 3.24. The quantitative estimate of drug-likeness (QED) is 0.857. The van der Waals surface area contributed by atoms with Gasteiger partial charge in [0.1, 0.15) is 5.82 Å². The molecule has 1 atom stereocenters. The number of benzene rings is 2. The molecule has 144 valence electrons. The summed E-state index contributed by atoms with van der Waals surface area (Å²) in [6, 6.07) is 10.2. The van der Waals surface area contributed by atoms with Crippen LogP contribution in [0.25, 0.3) is 0 Å². The molecule has 6 nitrogen and oxygen atoms in total. The van der Waals surface area contributed by atoms with Crippen molar-refractivity contribution in [2.45, 2.75) is 38.3 Å². The van der Waals surface area contributed by atoms with Crippen molar-refractivity contribution in [1.29, 1.82) is 0 Å². The molecule has 2 aromatic carbocycles. The zero-order valence-corrected chi connectivity index (χ0v) is 15.6. The monoisotopic (exact) mass is 381 g/mol. The molecule has 1 unspecified atom stereocenters. The van der Waals surface area contributed by atoms with Crippen LogP contribution in [0.2, 0.25) is 0 Å². The van der Waals surface area contributed by atoms with Crippen LogP contribution in [0.1, 0.15) is 43.0 Å². The standard InChI is InChI=1S/C21H20FN3O3/c1-21(2)15-8-12(6-7-16(15)23-19(21)27)11-25-18(26)10-17(24-20(25)28)13-4-3-5-14(22)9-13/h3-9,17H,10-11H2,1-2H3,(H,23,27)(H,24,28). The zero-order valence-electron chi connectivity index (χ0n) is 15.6. The molecule has 4 amide bonds. The lowest BCUT2D eigenvalue weighted by Crippen LogP contribution is -2.50. The molecule has 4 rings (SSSR count). The second-order valence-electron chi connectivity index (χ2n) is 7.70. The fourth-order valence-electron chi connectivity index (χ4n) is 3.66. The van der Waals surface area contributed by atoms with Crippen molar-refractivity contribution < 1.29 is 18.8 Å². The van der Waals surface area contributed by atoms with Gasteiger partial charge in [-0.15, -0.1) is 0 Å². The molecule has 2 heterocycles. The van der Waals surface area contributed by atoms with Crippen LogP contribution >= 0.6 is 0 Å². The average Bonchev–Trinajstić information content (AvgIpc) is 2.87. The molecule has 2 aliphatic heterocycles. The van der Waals surface area contributed by atoms with Gasteiger partial charge < -0.3 is 10.6 Å². The normalized spacial score (nSPS) is 20.6. The van der Waals surface area contributed by atoms with Gasteiger partial charge in [-0.1, -0.05) is 24.3 Å². The third kappa shape index (κ3) is 3.02. The highest BCUT2D eigenvalue weighted by Gasteiger charge is 2.39. The van der Waals surface area contributed by atoms with Crippen molar-refractivity contribution >= 4 is 23.5 Å². The Bertz CT molecular complexity index is 984. The Balaban J connectivity index is 1.53. The lowest BCUT2D eigenvalue weighted by atomic mass is 9.85.